The normalized spacial score (nSPS) is 11.0. The number of aromatic nitrogens is 6. The summed E-state index contributed by atoms with van der Waals surface area (Å²) in [5.41, 5.74) is 3.05. The van der Waals surface area contributed by atoms with Crippen molar-refractivity contribution in [2.75, 3.05) is 0 Å². The second-order valence-electron chi connectivity index (χ2n) is 5.03. The first-order valence-electron chi connectivity index (χ1n) is 6.98. The summed E-state index contributed by atoms with van der Waals surface area (Å²) >= 11 is 1.59. The van der Waals surface area contributed by atoms with Crippen LogP contribution < -0.4 is 0 Å². The highest BCUT2D eigenvalue weighted by atomic mass is 32.1. The molecular formula is C15H12N6OS. The number of tetrazole rings is 1. The lowest BCUT2D eigenvalue weighted by molar-refractivity contribution is 0.356. The SMILES string of the molecule is Cc1ccc(-c2nnn(Cc3nc(-c4ccsc4)no3)n2)cc1. The van der Waals surface area contributed by atoms with E-state index in [0.29, 0.717) is 17.5 Å². The maximum absolute atomic E-state index is 5.24. The summed E-state index contributed by atoms with van der Waals surface area (Å²) in [6.07, 6.45) is 0. The highest BCUT2D eigenvalue weighted by molar-refractivity contribution is 7.08. The van der Waals surface area contributed by atoms with Crippen molar-refractivity contribution in [2.24, 2.45) is 0 Å². The van der Waals surface area contributed by atoms with E-state index in [-0.39, 0.29) is 6.54 Å². The lowest BCUT2D eigenvalue weighted by Crippen LogP contribution is -2.04. The molecule has 4 rings (SSSR count). The Balaban J connectivity index is 1.53. The Kier molecular flexibility index (Phi) is 3.43. The average Bonchev–Trinajstić information content (AvgIpc) is 3.29. The van der Waals surface area contributed by atoms with Crippen LogP contribution in [0.3, 0.4) is 0 Å². The number of thiophene rings is 1. The minimum absolute atomic E-state index is 0.288. The molecule has 0 spiro atoms. The van der Waals surface area contributed by atoms with Crippen molar-refractivity contribution in [1.82, 2.24) is 30.3 Å². The molecule has 1 aromatic carbocycles. The Morgan fingerprint density at radius 1 is 1.09 bits per heavy atom. The molecule has 7 nitrogen and oxygen atoms in total. The Bertz CT molecular complexity index is 910. The van der Waals surface area contributed by atoms with E-state index >= 15 is 0 Å². The Labute approximate surface area is 135 Å². The van der Waals surface area contributed by atoms with Gasteiger partial charge in [-0.05, 0) is 23.6 Å². The molecule has 0 bridgehead atoms. The van der Waals surface area contributed by atoms with Crippen LogP contribution in [0.4, 0.5) is 0 Å². The molecule has 23 heavy (non-hydrogen) atoms. The van der Waals surface area contributed by atoms with E-state index in [1.54, 1.807) is 11.3 Å². The van der Waals surface area contributed by atoms with E-state index in [0.717, 1.165) is 11.1 Å². The number of aryl methyl sites for hydroxylation is 1. The van der Waals surface area contributed by atoms with Crippen LogP contribution in [0.5, 0.6) is 0 Å². The lowest BCUT2D eigenvalue weighted by atomic mass is 10.1. The first kappa shape index (κ1) is 13.8. The largest absolute Gasteiger partial charge is 0.337 e. The van der Waals surface area contributed by atoms with Gasteiger partial charge in [-0.3, -0.25) is 0 Å². The predicted molar refractivity (Wildman–Crippen MR) is 84.7 cm³/mol. The summed E-state index contributed by atoms with van der Waals surface area (Å²) in [6.45, 7) is 2.32. The first-order valence-corrected chi connectivity index (χ1v) is 7.92. The Morgan fingerprint density at radius 2 is 1.96 bits per heavy atom. The third kappa shape index (κ3) is 2.88. The zero-order valence-electron chi connectivity index (χ0n) is 12.2. The topological polar surface area (TPSA) is 82.5 Å². The maximum Gasteiger partial charge on any atom is 0.250 e. The molecular weight excluding hydrogens is 312 g/mol. The van der Waals surface area contributed by atoms with Crippen LogP contribution in [0, 0.1) is 6.92 Å². The molecule has 3 heterocycles. The summed E-state index contributed by atoms with van der Waals surface area (Å²) in [4.78, 5) is 5.79. The van der Waals surface area contributed by atoms with Crippen molar-refractivity contribution in [3.63, 3.8) is 0 Å². The van der Waals surface area contributed by atoms with Gasteiger partial charge in [0.1, 0.15) is 6.54 Å². The second kappa shape index (κ2) is 5.73. The summed E-state index contributed by atoms with van der Waals surface area (Å²) in [5.74, 6) is 1.58. The van der Waals surface area contributed by atoms with E-state index < -0.39 is 0 Å². The van der Waals surface area contributed by atoms with Gasteiger partial charge in [-0.2, -0.15) is 21.1 Å². The van der Waals surface area contributed by atoms with Crippen molar-refractivity contribution in [2.45, 2.75) is 13.5 Å². The van der Waals surface area contributed by atoms with Crippen LogP contribution >= 0.6 is 11.3 Å². The average molecular weight is 324 g/mol. The Morgan fingerprint density at radius 3 is 2.74 bits per heavy atom. The molecule has 0 saturated carbocycles. The molecule has 0 amide bonds. The number of hydrogen-bond acceptors (Lipinski definition) is 7. The van der Waals surface area contributed by atoms with E-state index in [4.69, 9.17) is 4.52 Å². The van der Waals surface area contributed by atoms with Gasteiger partial charge >= 0.3 is 0 Å². The molecule has 0 N–H and O–H groups in total. The molecule has 0 unspecified atom stereocenters. The summed E-state index contributed by atoms with van der Waals surface area (Å²) in [5, 5.41) is 20.3. The summed E-state index contributed by atoms with van der Waals surface area (Å²) in [7, 11) is 0. The van der Waals surface area contributed by atoms with Crippen molar-refractivity contribution < 1.29 is 4.52 Å². The van der Waals surface area contributed by atoms with E-state index in [1.807, 2.05) is 48.0 Å². The van der Waals surface area contributed by atoms with Crippen LogP contribution in [0.2, 0.25) is 0 Å². The maximum atomic E-state index is 5.24. The zero-order valence-corrected chi connectivity index (χ0v) is 13.1. The molecule has 3 aromatic heterocycles. The molecule has 0 aliphatic rings. The van der Waals surface area contributed by atoms with Crippen molar-refractivity contribution in [1.29, 1.82) is 0 Å². The van der Waals surface area contributed by atoms with E-state index in [9.17, 15) is 0 Å². The van der Waals surface area contributed by atoms with Gasteiger partial charge in [-0.25, -0.2) is 0 Å². The molecule has 4 aromatic rings. The second-order valence-corrected chi connectivity index (χ2v) is 5.81. The predicted octanol–water partition coefficient (Wildman–Crippen LogP) is 2.81. The quantitative estimate of drug-likeness (QED) is 0.574. The molecule has 114 valence electrons. The van der Waals surface area contributed by atoms with Gasteiger partial charge in [-0.15, -0.1) is 10.2 Å². The van der Waals surface area contributed by atoms with Crippen LogP contribution in [0.1, 0.15) is 11.5 Å². The molecule has 0 radical (unpaired) electrons. The van der Waals surface area contributed by atoms with Crippen LogP contribution in [-0.4, -0.2) is 30.3 Å². The van der Waals surface area contributed by atoms with Crippen molar-refractivity contribution in [3.05, 3.63) is 52.5 Å². The highest BCUT2D eigenvalue weighted by Gasteiger charge is 2.12. The van der Waals surface area contributed by atoms with Gasteiger partial charge in [0.25, 0.3) is 5.89 Å². The standard InChI is InChI=1S/C15H12N6OS/c1-10-2-4-11(5-3-10)15-17-20-21(18-15)8-13-16-14(19-22-13)12-6-7-23-9-12/h2-7,9H,8H2,1H3. The molecule has 0 aliphatic carbocycles. The van der Waals surface area contributed by atoms with Gasteiger partial charge in [0.15, 0.2) is 0 Å². The smallest absolute Gasteiger partial charge is 0.250 e. The molecule has 0 saturated heterocycles. The van der Waals surface area contributed by atoms with Gasteiger partial charge in [0.05, 0.1) is 0 Å². The van der Waals surface area contributed by atoms with Crippen LogP contribution in [-0.2, 0) is 6.54 Å². The third-order valence-corrected chi connectivity index (χ3v) is 3.97. The lowest BCUT2D eigenvalue weighted by Gasteiger charge is -1.95. The summed E-state index contributed by atoms with van der Waals surface area (Å²) < 4.78 is 5.24. The van der Waals surface area contributed by atoms with Gasteiger partial charge in [0, 0.05) is 16.5 Å². The van der Waals surface area contributed by atoms with E-state index in [2.05, 4.69) is 25.6 Å². The fourth-order valence-corrected chi connectivity index (χ4v) is 2.71. The molecule has 0 aliphatic heterocycles. The van der Waals surface area contributed by atoms with Crippen molar-refractivity contribution in [3.8, 4) is 22.8 Å². The summed E-state index contributed by atoms with van der Waals surface area (Å²) in [6, 6.07) is 9.92. The van der Waals surface area contributed by atoms with Crippen LogP contribution in [0.15, 0.2) is 45.6 Å². The minimum atomic E-state index is 0.288. The van der Waals surface area contributed by atoms with Gasteiger partial charge in [-0.1, -0.05) is 35.0 Å². The van der Waals surface area contributed by atoms with Crippen molar-refractivity contribution >= 4 is 11.3 Å². The molecule has 8 heteroatoms. The Hall–Kier alpha value is -2.87. The third-order valence-electron chi connectivity index (χ3n) is 3.29. The molecule has 0 fully saturated rings. The van der Waals surface area contributed by atoms with Gasteiger partial charge in [0.2, 0.25) is 11.6 Å². The number of hydrogen-bond donors (Lipinski definition) is 0. The fraction of sp³-hybridized carbons (Fsp3) is 0.133. The zero-order chi connectivity index (χ0) is 15.6. The highest BCUT2D eigenvalue weighted by Crippen LogP contribution is 2.19. The van der Waals surface area contributed by atoms with Gasteiger partial charge < -0.3 is 4.52 Å². The first-order chi connectivity index (χ1) is 11.3. The molecule has 0 atom stereocenters. The number of rotatable bonds is 4. The minimum Gasteiger partial charge on any atom is -0.337 e. The fourth-order valence-electron chi connectivity index (χ4n) is 2.08. The van der Waals surface area contributed by atoms with Crippen LogP contribution in [0.25, 0.3) is 22.8 Å². The monoisotopic (exact) mass is 324 g/mol. The number of benzene rings is 1. The van der Waals surface area contributed by atoms with E-state index in [1.165, 1.54) is 10.4 Å². The number of nitrogens with zero attached hydrogens (tertiary/aromatic N) is 6.